The van der Waals surface area contributed by atoms with E-state index in [1.165, 1.54) is 21.0 Å². The maximum atomic E-state index is 14.3. The largest absolute Gasteiger partial charge is 0.507 e. The maximum absolute atomic E-state index is 14.3. The van der Waals surface area contributed by atoms with Gasteiger partial charge in [0.2, 0.25) is 0 Å². The van der Waals surface area contributed by atoms with Crippen LogP contribution in [-0.2, 0) is 51.1 Å². The molecule has 13 atom stereocenters. The lowest BCUT2D eigenvalue weighted by atomic mass is 9.78. The van der Waals surface area contributed by atoms with Crippen LogP contribution in [0.3, 0.4) is 0 Å². The molecule has 4 rings (SSSR count). The van der Waals surface area contributed by atoms with E-state index in [-0.39, 0.29) is 61.7 Å². The Kier molecular flexibility index (Phi) is 17.4. The number of hydrogen-bond donors (Lipinski definition) is 4. The van der Waals surface area contributed by atoms with Crippen LogP contribution in [0.25, 0.3) is 0 Å². The number of aromatic hydroxyl groups is 1. The molecule has 0 spiro atoms. The van der Waals surface area contributed by atoms with E-state index in [0.717, 1.165) is 5.57 Å². The second-order valence-electron chi connectivity index (χ2n) is 19.0. The molecule has 1 aromatic rings. The van der Waals surface area contributed by atoms with Crippen molar-refractivity contribution in [3.05, 3.63) is 33.9 Å². The number of ether oxygens (including phenoxy) is 6. The number of Topliss-reactive ketones (excluding diaryl/α,β-unsaturated/α-hetero) is 1. The number of rotatable bonds is 11. The molecular weight excluding hydrogens is 817 g/mol. The Morgan fingerprint density at radius 3 is 2.32 bits per heavy atom. The number of methoxy groups -OCH3 is 1. The summed E-state index contributed by atoms with van der Waals surface area (Å²) < 4.78 is 35.8. The highest BCUT2D eigenvalue weighted by Gasteiger charge is 2.51. The first-order valence-electron chi connectivity index (χ1n) is 22.3. The Balaban J connectivity index is 1.61. The predicted molar refractivity (Wildman–Crippen MR) is 233 cm³/mol. The van der Waals surface area contributed by atoms with Crippen molar-refractivity contribution < 1.29 is 68.0 Å². The van der Waals surface area contributed by atoms with Crippen molar-refractivity contribution in [2.75, 3.05) is 34.8 Å². The van der Waals surface area contributed by atoms with Gasteiger partial charge in [0.05, 0.1) is 31.0 Å². The zero-order valence-corrected chi connectivity index (χ0v) is 39.9. The lowest BCUT2D eigenvalue weighted by molar-refractivity contribution is -0.296. The molecule has 16 heteroatoms. The molecule has 1 aromatic carbocycles. The third kappa shape index (κ3) is 11.6. The third-order valence-corrected chi connectivity index (χ3v) is 13.5. The van der Waals surface area contributed by atoms with Gasteiger partial charge in [-0.05, 0) is 113 Å². The second-order valence-corrected chi connectivity index (χ2v) is 19.0. The van der Waals surface area contributed by atoms with Crippen molar-refractivity contribution in [3.8, 4) is 11.5 Å². The second kappa shape index (κ2) is 21.1. The smallest absolute Gasteiger partial charge is 0.342 e. The standard InChI is InChI=1S/C47H74N2O14/c1-15-34-47(10,57)41(53)30(8)49(13)22-25(3)21-46(9,56)42(28(6)37(51)29(7)43(54)61-34)63-45-40(33(48(11)12)20-26(4)60-45)62-35(50)19-17-24(2)16-18-31-38(52)36-32(23-59-44(36)55)27(5)39(31)58-14/h16,25-26,28-30,33-34,40-42,45,52-53,56-57H,15,17-23H2,1-14H3/t25-,26-,28+,29-,30-,33+,34-,40-,41-,42-,45+,46-,47-/m1/s1. The summed E-state index contributed by atoms with van der Waals surface area (Å²) in [5, 5.41) is 46.3. The molecule has 0 bridgehead atoms. The van der Waals surface area contributed by atoms with Gasteiger partial charge in [0.25, 0.3) is 0 Å². The number of carbonyl (C=O) groups excluding carboxylic acids is 4. The highest BCUT2D eigenvalue weighted by Crippen LogP contribution is 2.42. The number of fused-ring (bicyclic) bond motifs is 1. The average molecular weight is 891 g/mol. The van der Waals surface area contributed by atoms with Gasteiger partial charge in [-0.1, -0.05) is 32.4 Å². The normalized spacial score (nSPS) is 35.4. The van der Waals surface area contributed by atoms with Crippen LogP contribution in [0.1, 0.15) is 121 Å². The van der Waals surface area contributed by atoms with Crippen molar-refractivity contribution in [2.45, 2.75) is 174 Å². The first-order valence-corrected chi connectivity index (χ1v) is 22.3. The van der Waals surface area contributed by atoms with Crippen LogP contribution in [0.5, 0.6) is 11.5 Å². The van der Waals surface area contributed by atoms with E-state index < -0.39 is 83.5 Å². The van der Waals surface area contributed by atoms with Gasteiger partial charge in [-0.2, -0.15) is 0 Å². The van der Waals surface area contributed by atoms with Crippen molar-refractivity contribution in [1.82, 2.24) is 9.80 Å². The Hall–Kier alpha value is -3.64. The molecule has 63 heavy (non-hydrogen) atoms. The number of likely N-dealkylation sites (N-methyl/N-ethyl adjacent to an activating group) is 2. The molecule has 3 aliphatic heterocycles. The number of aliphatic hydroxyl groups is 3. The number of esters is 3. The van der Waals surface area contributed by atoms with Gasteiger partial charge in [0.1, 0.15) is 47.4 Å². The number of phenolic OH excluding ortho intramolecular Hbond substituents is 1. The summed E-state index contributed by atoms with van der Waals surface area (Å²) in [4.78, 5) is 57.8. The SMILES string of the molecule is CC[C@H]1OC(=O)[C@H](C)C(=O)[C@H](C)[C@@H](O[C@@H]2O[C@H](C)C[C@H](N(C)C)[C@H]2OC(=O)CCC(C)=CCc2c(O)c3c(c(C)c2OC)COC3=O)[C@](C)(O)C[C@@H](C)CN(C)[C@H](C)[C@@H](O)[C@]1(C)O. The Morgan fingerprint density at radius 2 is 1.71 bits per heavy atom. The number of benzene rings is 1. The molecule has 16 nitrogen and oxygen atoms in total. The summed E-state index contributed by atoms with van der Waals surface area (Å²) in [7, 11) is 7.01. The van der Waals surface area contributed by atoms with Crippen molar-refractivity contribution >= 4 is 23.7 Å². The predicted octanol–water partition coefficient (Wildman–Crippen LogP) is 4.40. The average Bonchev–Trinajstić information content (AvgIpc) is 3.61. The number of cyclic esters (lactones) is 2. The molecule has 3 aliphatic rings. The van der Waals surface area contributed by atoms with Gasteiger partial charge in [0.15, 0.2) is 18.2 Å². The molecule has 0 aliphatic carbocycles. The van der Waals surface area contributed by atoms with E-state index in [1.54, 1.807) is 34.7 Å². The van der Waals surface area contributed by atoms with E-state index in [1.807, 2.05) is 57.7 Å². The van der Waals surface area contributed by atoms with Crippen LogP contribution >= 0.6 is 0 Å². The van der Waals surface area contributed by atoms with E-state index >= 15 is 0 Å². The monoisotopic (exact) mass is 891 g/mol. The van der Waals surface area contributed by atoms with Crippen LogP contribution in [0, 0.1) is 24.7 Å². The van der Waals surface area contributed by atoms with Gasteiger partial charge in [0, 0.05) is 36.1 Å². The quantitative estimate of drug-likeness (QED) is 0.105. The number of nitrogens with zero attached hydrogens (tertiary/aromatic N) is 2. The Bertz CT molecular complexity index is 1840. The van der Waals surface area contributed by atoms with Gasteiger partial charge in [-0.3, -0.25) is 14.4 Å². The van der Waals surface area contributed by atoms with E-state index in [2.05, 4.69) is 0 Å². The molecule has 4 N–H and O–H groups in total. The van der Waals surface area contributed by atoms with Gasteiger partial charge < -0.3 is 58.6 Å². The number of hydrogen-bond acceptors (Lipinski definition) is 16. The molecule has 0 aromatic heterocycles. The van der Waals surface area contributed by atoms with Crippen LogP contribution in [0.2, 0.25) is 0 Å². The molecule has 2 saturated heterocycles. The minimum Gasteiger partial charge on any atom is -0.507 e. The number of ketones is 1. The summed E-state index contributed by atoms with van der Waals surface area (Å²) in [6.45, 7) is 17.4. The zero-order valence-electron chi connectivity index (χ0n) is 39.9. The summed E-state index contributed by atoms with van der Waals surface area (Å²) in [5.74, 6) is -4.95. The lowest BCUT2D eigenvalue weighted by Crippen LogP contribution is -2.60. The summed E-state index contributed by atoms with van der Waals surface area (Å²) in [5.41, 5.74) is -0.827. The molecule has 0 amide bonds. The van der Waals surface area contributed by atoms with Gasteiger partial charge in [-0.25, -0.2) is 4.79 Å². The number of carbonyl (C=O) groups is 4. The van der Waals surface area contributed by atoms with Crippen LogP contribution in [0.4, 0.5) is 0 Å². The van der Waals surface area contributed by atoms with Gasteiger partial charge in [-0.15, -0.1) is 0 Å². The van der Waals surface area contributed by atoms with Gasteiger partial charge >= 0.3 is 17.9 Å². The molecule has 356 valence electrons. The molecule has 3 heterocycles. The minimum atomic E-state index is -1.84. The van der Waals surface area contributed by atoms with E-state index in [0.29, 0.717) is 41.8 Å². The van der Waals surface area contributed by atoms with Crippen LogP contribution < -0.4 is 4.74 Å². The fourth-order valence-corrected chi connectivity index (χ4v) is 9.61. The fourth-order valence-electron chi connectivity index (χ4n) is 9.61. The van der Waals surface area contributed by atoms with E-state index in [9.17, 15) is 39.6 Å². The molecule has 2 fully saturated rings. The molecule has 0 unspecified atom stereocenters. The highest BCUT2D eigenvalue weighted by atomic mass is 16.7. The summed E-state index contributed by atoms with van der Waals surface area (Å²) >= 11 is 0. The topological polar surface area (TPSA) is 211 Å². The summed E-state index contributed by atoms with van der Waals surface area (Å²) in [6, 6.07) is -0.964. The number of allylic oxidation sites excluding steroid dienone is 2. The van der Waals surface area contributed by atoms with Crippen LogP contribution in [-0.4, -0.2) is 149 Å². The molecular formula is C47H74N2O14. The fraction of sp³-hybridized carbons (Fsp3) is 0.745. The summed E-state index contributed by atoms with van der Waals surface area (Å²) in [6.07, 6.45) is -3.12. The van der Waals surface area contributed by atoms with E-state index in [4.69, 9.17) is 28.4 Å². The Morgan fingerprint density at radius 1 is 1.06 bits per heavy atom. The van der Waals surface area contributed by atoms with Crippen LogP contribution in [0.15, 0.2) is 11.6 Å². The first-order chi connectivity index (χ1) is 29.3. The number of phenols is 1. The van der Waals surface area contributed by atoms with Crippen molar-refractivity contribution in [1.29, 1.82) is 0 Å². The lowest BCUT2D eigenvalue weighted by Gasteiger charge is -2.46. The third-order valence-electron chi connectivity index (χ3n) is 13.5. The first kappa shape index (κ1) is 52.0. The Labute approximate surface area is 373 Å². The highest BCUT2D eigenvalue weighted by molar-refractivity contribution is 6.00. The van der Waals surface area contributed by atoms with Crippen molar-refractivity contribution in [2.24, 2.45) is 17.8 Å². The molecule has 0 saturated carbocycles. The number of aliphatic hydroxyl groups excluding tert-OH is 1. The molecule has 0 radical (unpaired) electrons. The van der Waals surface area contributed by atoms with Crippen molar-refractivity contribution in [3.63, 3.8) is 0 Å². The minimum absolute atomic E-state index is 0.0145. The zero-order chi connectivity index (χ0) is 47.5. The maximum Gasteiger partial charge on any atom is 0.342 e.